The van der Waals surface area contributed by atoms with E-state index in [4.69, 9.17) is 0 Å². The van der Waals surface area contributed by atoms with E-state index in [9.17, 15) is 49.1 Å². The molecule has 3 unspecified atom stereocenters. The average Bonchev–Trinajstić information content (AvgIpc) is 3.44. The van der Waals surface area contributed by atoms with Crippen molar-refractivity contribution in [2.24, 2.45) is 0 Å². The number of halogens is 12. The molecule has 0 fully saturated rings. The van der Waals surface area contributed by atoms with E-state index < -0.39 is 22.6 Å². The monoisotopic (exact) mass is 907 g/mol. The first-order chi connectivity index (χ1) is 25.8. The average molecular weight is 907 g/mol. The zero-order valence-electron chi connectivity index (χ0n) is 29.3. The first-order valence-corrected chi connectivity index (χ1v) is 19.0. The summed E-state index contributed by atoms with van der Waals surface area (Å²) in [5, 5.41) is 22.2. The minimum absolute atomic E-state index is 0. The molecule has 304 valence electrons. The van der Waals surface area contributed by atoms with Gasteiger partial charge in [-0.2, -0.15) is 0 Å². The van der Waals surface area contributed by atoms with Crippen molar-refractivity contribution in [1.29, 1.82) is 0 Å². The molecule has 0 saturated heterocycles. The summed E-state index contributed by atoms with van der Waals surface area (Å²) in [6.45, 7) is 0. The van der Waals surface area contributed by atoms with Crippen LogP contribution in [0, 0.1) is 0 Å². The van der Waals surface area contributed by atoms with Crippen LogP contribution in [0.5, 0.6) is 11.5 Å². The summed E-state index contributed by atoms with van der Waals surface area (Å²) in [4.78, 5) is 0. The molecule has 7 rings (SSSR count). The van der Waals surface area contributed by atoms with Crippen LogP contribution in [-0.4, -0.2) is 49.7 Å². The third-order valence-corrected chi connectivity index (χ3v) is 10.4. The van der Waals surface area contributed by atoms with Gasteiger partial charge in [0.25, 0.3) is 0 Å². The van der Waals surface area contributed by atoms with Crippen molar-refractivity contribution in [3.05, 3.63) is 169 Å². The van der Waals surface area contributed by atoms with Gasteiger partial charge >= 0.3 is 74.2 Å². The van der Waals surface area contributed by atoms with Gasteiger partial charge in [0.2, 0.25) is 0 Å². The molecular weight excluding hydrogens is 874 g/mol. The van der Waals surface area contributed by atoms with Crippen molar-refractivity contribution in [2.75, 3.05) is 0 Å². The molecule has 0 spiro atoms. The molecule has 0 aliphatic heterocycles. The molecule has 0 radical (unpaired) electrons. The summed E-state index contributed by atoms with van der Waals surface area (Å²) >= 11 is 1.67. The predicted octanol–water partition coefficient (Wildman–Crippen LogP) is 0.0839. The Morgan fingerprint density at radius 2 is 0.807 bits per heavy atom. The fraction of sp³-hybridized carbons (Fsp3) is 0.0270. The van der Waals surface area contributed by atoms with Gasteiger partial charge in [-0.05, 0) is 51.1 Å². The van der Waals surface area contributed by atoms with Crippen LogP contribution in [-0.2, 0) is 0 Å². The quantitative estimate of drug-likeness (QED) is 0.114. The topological polar surface area (TPSA) is 40.5 Å². The van der Waals surface area contributed by atoms with Crippen LogP contribution in [0.15, 0.2) is 158 Å². The fourth-order valence-electron chi connectivity index (χ4n) is 4.77. The number of aromatic hydroxyl groups is 2. The number of hydrogen-bond donors (Lipinski definition) is 2. The van der Waals surface area contributed by atoms with E-state index in [1.807, 2.05) is 36.4 Å². The number of benzene rings is 6. The number of phenolic OH excluding ortho intramolecular Hbond substituents is 2. The molecule has 3 atom stereocenters. The molecule has 0 aromatic heterocycles. The molecule has 0 heterocycles. The summed E-state index contributed by atoms with van der Waals surface area (Å²) in [5.74, 6) is 0.418. The molecule has 0 saturated carbocycles. The molecule has 2 nitrogen and oxygen atoms in total. The Morgan fingerprint density at radius 1 is 0.456 bits per heavy atom. The van der Waals surface area contributed by atoms with E-state index in [1.54, 1.807) is 22.9 Å². The molecule has 1 aliphatic carbocycles. The number of phenols is 2. The van der Waals surface area contributed by atoms with Gasteiger partial charge in [0, 0.05) is 11.0 Å². The van der Waals surface area contributed by atoms with Gasteiger partial charge in [0.05, 0.1) is 0 Å². The molecule has 2 N–H and O–H groups in total. The Balaban J connectivity index is 0. The number of hydrogen-bond acceptors (Lipinski definition) is 2. The van der Waals surface area contributed by atoms with Crippen LogP contribution in [0.25, 0.3) is 11.1 Å². The smallest absolute Gasteiger partial charge is 0.0316 e. The second-order valence-electron chi connectivity index (χ2n) is 10.5. The molecule has 57 heavy (non-hydrogen) atoms. The molecular formula is C37H33AsB3F12O2P2-3. The van der Waals surface area contributed by atoms with Gasteiger partial charge < -0.3 is 24.3 Å². The fourth-order valence-corrected chi connectivity index (χ4v) is 7.87. The molecule has 20 heteroatoms. The van der Waals surface area contributed by atoms with Gasteiger partial charge in [-0.1, -0.05) is 126 Å². The predicted molar refractivity (Wildman–Crippen MR) is 214 cm³/mol. The van der Waals surface area contributed by atoms with Gasteiger partial charge in [0.1, 0.15) is 11.5 Å². The second-order valence-corrected chi connectivity index (χ2v) is 14.7. The van der Waals surface area contributed by atoms with Crippen molar-refractivity contribution >= 4 is 76.9 Å². The maximum absolute atomic E-state index is 9.67. The van der Waals surface area contributed by atoms with Crippen molar-refractivity contribution < 1.29 is 63.2 Å². The minimum atomic E-state index is -3.67. The van der Waals surface area contributed by atoms with Gasteiger partial charge in [-0.3, -0.25) is 38.8 Å². The third kappa shape index (κ3) is 22.9. The maximum atomic E-state index is 9.67. The molecule has 1 aliphatic rings. The van der Waals surface area contributed by atoms with Gasteiger partial charge in [0.15, 0.2) is 0 Å². The summed E-state index contributed by atoms with van der Waals surface area (Å²) in [6, 6.07) is 53.4. The standard InChI is InChI=1S/C19H15P.C12H11O2P.C6H7As.3BF3.3FH/c1-2-8-14(9-3-1)20-19-17-12-6-4-10-15(17)16-11-5-7-13-18(16)19;13-9-6-7-11(14)12(8-9)15-10-4-2-1-3-5-10;7-6-4-2-1-3-5-6;3*2-1(3)4;;;/h1-13,19-20H;1-8,13-15H;1-5H,7H2;;;;3*1H/p-3. The largest absolute Gasteiger partial charge is 1.00 e. The summed E-state index contributed by atoms with van der Waals surface area (Å²) in [5.41, 5.74) is 6.31. The Bertz CT molecular complexity index is 1850. The van der Waals surface area contributed by atoms with Gasteiger partial charge in [-0.25, -0.2) is 0 Å². The normalized spacial score (nSPS) is 10.1. The summed E-state index contributed by atoms with van der Waals surface area (Å²) < 4.78 is 88.4. The zero-order chi connectivity index (χ0) is 39.9. The first kappa shape index (κ1) is 54.8. The Kier molecular flexibility index (Phi) is 29.6. The van der Waals surface area contributed by atoms with Crippen molar-refractivity contribution in [1.82, 2.24) is 0 Å². The van der Waals surface area contributed by atoms with E-state index >= 15 is 0 Å². The molecule has 6 aromatic carbocycles. The minimum Gasteiger partial charge on any atom is -1.00 e. The zero-order valence-corrected chi connectivity index (χ0v) is 33.8. The van der Waals surface area contributed by atoms with E-state index in [0.717, 1.165) is 19.2 Å². The number of fused-ring (bicyclic) bond motifs is 3. The van der Waals surface area contributed by atoms with Crippen LogP contribution < -0.4 is 34.4 Å². The number of rotatable bonds is 4. The van der Waals surface area contributed by atoms with E-state index in [1.165, 1.54) is 44.0 Å². The Morgan fingerprint density at radius 3 is 1.19 bits per heavy atom. The maximum Gasteiger partial charge on any atom is 0.0316 e. The van der Waals surface area contributed by atoms with Crippen LogP contribution in [0.4, 0.5) is 38.8 Å². The summed E-state index contributed by atoms with van der Waals surface area (Å²) in [7, 11) is -9.85. The van der Waals surface area contributed by atoms with E-state index in [2.05, 4.69) is 103 Å². The molecule has 0 amide bonds. The van der Waals surface area contributed by atoms with Crippen molar-refractivity contribution in [3.63, 3.8) is 0 Å². The van der Waals surface area contributed by atoms with Crippen molar-refractivity contribution in [2.45, 2.75) is 5.66 Å². The second kappa shape index (κ2) is 30.8. The van der Waals surface area contributed by atoms with Crippen LogP contribution in [0.1, 0.15) is 16.8 Å². The Hall–Kier alpha value is -4.31. The Labute approximate surface area is 336 Å². The van der Waals surface area contributed by atoms with E-state index in [0.29, 0.717) is 14.2 Å². The SMILES string of the molecule is FB(F)F.FB(F)F.FB(F)F.Oc1ccc(O)c(Pc2ccccc2)c1.[AsH2]c1ccccc1.[F-].[F-].[F-].c1ccc(PC2c3ccccc3-c3ccccc32)cc1. The first-order valence-electron chi connectivity index (χ1n) is 15.7. The summed E-state index contributed by atoms with van der Waals surface area (Å²) in [6.07, 6.45) is 0. The third-order valence-electron chi connectivity index (χ3n) is 6.75. The molecule has 6 aromatic rings. The van der Waals surface area contributed by atoms with Gasteiger partial charge in [-0.15, -0.1) is 0 Å². The van der Waals surface area contributed by atoms with Crippen molar-refractivity contribution in [3.8, 4) is 22.6 Å². The van der Waals surface area contributed by atoms with Crippen LogP contribution >= 0.6 is 17.2 Å². The van der Waals surface area contributed by atoms with E-state index in [-0.39, 0.29) is 25.6 Å². The van der Waals surface area contributed by atoms with Crippen LogP contribution in [0.3, 0.4) is 0 Å². The molecule has 0 bridgehead atoms. The van der Waals surface area contributed by atoms with Crippen LogP contribution in [0.2, 0.25) is 0 Å².